The predicted molar refractivity (Wildman–Crippen MR) is 72.0 cm³/mol. The van der Waals surface area contributed by atoms with Crippen LogP contribution in [0.1, 0.15) is 22.2 Å². The van der Waals surface area contributed by atoms with E-state index < -0.39 is 11.9 Å². The molecule has 0 bridgehead atoms. The van der Waals surface area contributed by atoms with Crippen LogP contribution in [0.4, 0.5) is 0 Å². The average Bonchev–Trinajstić information content (AvgIpc) is 2.82. The monoisotopic (exact) mass is 282 g/mol. The molecular formula is C12H14N2O4S. The number of aliphatic carboxylic acids is 1. The van der Waals surface area contributed by atoms with Crippen LogP contribution < -0.4 is 10.6 Å². The summed E-state index contributed by atoms with van der Waals surface area (Å²) in [7, 11) is 0. The normalized spacial score (nSPS) is 10.4. The highest BCUT2D eigenvalue weighted by molar-refractivity contribution is 7.12. The van der Waals surface area contributed by atoms with Crippen LogP contribution in [0.25, 0.3) is 6.08 Å². The van der Waals surface area contributed by atoms with Gasteiger partial charge in [-0.15, -0.1) is 11.3 Å². The van der Waals surface area contributed by atoms with Crippen molar-refractivity contribution in [1.82, 2.24) is 10.6 Å². The van der Waals surface area contributed by atoms with E-state index in [1.807, 2.05) is 0 Å². The molecule has 1 aromatic heterocycles. The van der Waals surface area contributed by atoms with Gasteiger partial charge in [0, 0.05) is 12.6 Å². The van der Waals surface area contributed by atoms with Crippen LogP contribution in [0.5, 0.6) is 0 Å². The Hall–Kier alpha value is -2.15. The summed E-state index contributed by atoms with van der Waals surface area (Å²) in [5, 5.41) is 15.3. The van der Waals surface area contributed by atoms with E-state index in [0.29, 0.717) is 17.0 Å². The number of amides is 2. The molecule has 6 nitrogen and oxygen atoms in total. The highest BCUT2D eigenvalue weighted by Gasteiger charge is 2.12. The van der Waals surface area contributed by atoms with Crippen molar-refractivity contribution in [3.05, 3.63) is 28.0 Å². The van der Waals surface area contributed by atoms with Gasteiger partial charge in [-0.25, -0.2) is 4.79 Å². The van der Waals surface area contributed by atoms with E-state index in [-0.39, 0.29) is 12.5 Å². The maximum Gasteiger partial charge on any atom is 0.328 e. The Morgan fingerprint density at radius 3 is 2.74 bits per heavy atom. The van der Waals surface area contributed by atoms with Gasteiger partial charge in [-0.2, -0.15) is 0 Å². The second-order valence-corrected chi connectivity index (χ2v) is 4.43. The number of thiophene rings is 1. The van der Waals surface area contributed by atoms with Crippen molar-refractivity contribution in [3.8, 4) is 0 Å². The van der Waals surface area contributed by atoms with Crippen LogP contribution >= 0.6 is 11.3 Å². The van der Waals surface area contributed by atoms with E-state index in [2.05, 4.69) is 10.6 Å². The summed E-state index contributed by atoms with van der Waals surface area (Å²) < 4.78 is 0. The van der Waals surface area contributed by atoms with Crippen molar-refractivity contribution in [2.45, 2.75) is 6.92 Å². The Balaban J connectivity index is 2.65. The lowest BCUT2D eigenvalue weighted by Gasteiger charge is -2.04. The quantitative estimate of drug-likeness (QED) is 0.670. The fourth-order valence-corrected chi connectivity index (χ4v) is 2.10. The Bertz CT molecular complexity index is 508. The molecule has 0 unspecified atom stereocenters. The molecule has 1 rings (SSSR count). The minimum atomic E-state index is -1.08. The van der Waals surface area contributed by atoms with Crippen LogP contribution in [0.15, 0.2) is 17.5 Å². The zero-order valence-corrected chi connectivity index (χ0v) is 11.1. The number of carbonyl (C=O) groups excluding carboxylic acids is 2. The van der Waals surface area contributed by atoms with Crippen LogP contribution in [0, 0.1) is 0 Å². The fourth-order valence-electron chi connectivity index (χ4n) is 1.30. The minimum absolute atomic E-state index is 0.105. The van der Waals surface area contributed by atoms with Crippen molar-refractivity contribution in [3.63, 3.8) is 0 Å². The van der Waals surface area contributed by atoms with Crippen LogP contribution in [0.2, 0.25) is 0 Å². The van der Waals surface area contributed by atoms with Crippen molar-refractivity contribution in [2.24, 2.45) is 0 Å². The number of carbonyl (C=O) groups is 3. The van der Waals surface area contributed by atoms with E-state index in [0.717, 1.165) is 6.08 Å². The summed E-state index contributed by atoms with van der Waals surface area (Å²) in [6, 6.07) is 1.64. The first-order valence-corrected chi connectivity index (χ1v) is 6.46. The molecule has 7 heteroatoms. The maximum atomic E-state index is 11.8. The third kappa shape index (κ3) is 4.92. The number of nitrogens with one attached hydrogen (secondary N) is 2. The lowest BCUT2D eigenvalue weighted by Crippen LogP contribution is -2.36. The molecule has 0 aliphatic heterocycles. The molecule has 102 valence electrons. The first kappa shape index (κ1) is 14.9. The van der Waals surface area contributed by atoms with Gasteiger partial charge >= 0.3 is 5.97 Å². The molecule has 0 fully saturated rings. The smallest absolute Gasteiger partial charge is 0.328 e. The Kier molecular flexibility index (Phi) is 5.74. The van der Waals surface area contributed by atoms with Crippen molar-refractivity contribution in [2.75, 3.05) is 13.1 Å². The topological polar surface area (TPSA) is 95.5 Å². The molecule has 0 aliphatic carbocycles. The Morgan fingerprint density at radius 2 is 2.11 bits per heavy atom. The van der Waals surface area contributed by atoms with E-state index in [1.165, 1.54) is 17.4 Å². The van der Waals surface area contributed by atoms with Crippen molar-refractivity contribution in [1.29, 1.82) is 0 Å². The summed E-state index contributed by atoms with van der Waals surface area (Å²) >= 11 is 1.19. The maximum absolute atomic E-state index is 11.8. The van der Waals surface area contributed by atoms with Gasteiger partial charge in [0.15, 0.2) is 0 Å². The second-order valence-electron chi connectivity index (χ2n) is 3.51. The van der Waals surface area contributed by atoms with Crippen molar-refractivity contribution < 1.29 is 19.5 Å². The molecule has 0 radical (unpaired) electrons. The van der Waals surface area contributed by atoms with E-state index in [4.69, 9.17) is 5.11 Å². The predicted octanol–water partition coefficient (Wildman–Crippen LogP) is 0.712. The average molecular weight is 282 g/mol. The lowest BCUT2D eigenvalue weighted by atomic mass is 10.2. The summed E-state index contributed by atoms with van der Waals surface area (Å²) in [5.74, 6) is -1.75. The first-order chi connectivity index (χ1) is 9.04. The van der Waals surface area contributed by atoms with E-state index in [9.17, 15) is 14.4 Å². The molecular weight excluding hydrogens is 268 g/mol. The molecule has 2 amide bonds. The number of likely N-dealkylation sites (N-methyl/N-ethyl adjacent to an activating group) is 1. The summed E-state index contributed by atoms with van der Waals surface area (Å²) in [4.78, 5) is 33.8. The lowest BCUT2D eigenvalue weighted by molar-refractivity contribution is -0.131. The molecule has 19 heavy (non-hydrogen) atoms. The minimum Gasteiger partial charge on any atom is -0.478 e. The van der Waals surface area contributed by atoms with Crippen molar-refractivity contribution >= 4 is 35.2 Å². The first-order valence-electron chi connectivity index (χ1n) is 5.58. The standard InChI is InChI=1S/C12H14N2O4S/c1-2-13-9(15)7-14-12(18)11-8(5-6-19-11)3-4-10(16)17/h3-6H,2,7H2,1H3,(H,13,15)(H,14,18)(H,16,17)/b4-3+. The zero-order valence-electron chi connectivity index (χ0n) is 10.3. The van der Waals surface area contributed by atoms with Crippen LogP contribution in [-0.4, -0.2) is 36.0 Å². The number of hydrogen-bond acceptors (Lipinski definition) is 4. The SMILES string of the molecule is CCNC(=O)CNC(=O)c1sccc1/C=C/C(=O)O. The second kappa shape index (κ2) is 7.32. The van der Waals surface area contributed by atoms with Crippen LogP contribution in [0.3, 0.4) is 0 Å². The molecule has 3 N–H and O–H groups in total. The van der Waals surface area contributed by atoms with Gasteiger partial charge in [0.05, 0.1) is 11.4 Å². The third-order valence-electron chi connectivity index (χ3n) is 2.09. The van der Waals surface area contributed by atoms with Gasteiger partial charge < -0.3 is 15.7 Å². The largest absolute Gasteiger partial charge is 0.478 e. The van der Waals surface area contributed by atoms with Gasteiger partial charge in [0.1, 0.15) is 0 Å². The Morgan fingerprint density at radius 1 is 1.37 bits per heavy atom. The molecule has 0 aromatic carbocycles. The number of carboxylic acid groups (broad SMARTS) is 1. The summed E-state index contributed by atoms with van der Waals surface area (Å²) in [6.07, 6.45) is 2.31. The molecule has 0 saturated heterocycles. The summed E-state index contributed by atoms with van der Waals surface area (Å²) in [5.41, 5.74) is 0.515. The zero-order chi connectivity index (χ0) is 14.3. The van der Waals surface area contributed by atoms with Gasteiger partial charge in [0.2, 0.25) is 5.91 Å². The van der Waals surface area contributed by atoms with Gasteiger partial charge in [-0.1, -0.05) is 0 Å². The molecule has 1 heterocycles. The molecule has 0 aliphatic rings. The number of carboxylic acids is 1. The van der Waals surface area contributed by atoms with Gasteiger partial charge in [-0.3, -0.25) is 9.59 Å². The number of rotatable bonds is 6. The Labute approximate surface area is 114 Å². The van der Waals surface area contributed by atoms with Crippen LogP contribution in [-0.2, 0) is 9.59 Å². The highest BCUT2D eigenvalue weighted by atomic mass is 32.1. The molecule has 1 aromatic rings. The molecule has 0 spiro atoms. The van der Waals surface area contributed by atoms with Gasteiger partial charge in [-0.05, 0) is 30.0 Å². The highest BCUT2D eigenvalue weighted by Crippen LogP contribution is 2.18. The molecule has 0 saturated carbocycles. The molecule has 0 atom stereocenters. The van der Waals surface area contributed by atoms with E-state index in [1.54, 1.807) is 18.4 Å². The van der Waals surface area contributed by atoms with Gasteiger partial charge in [0.25, 0.3) is 5.91 Å². The number of hydrogen-bond donors (Lipinski definition) is 3. The fraction of sp³-hybridized carbons (Fsp3) is 0.250. The van der Waals surface area contributed by atoms with E-state index >= 15 is 0 Å². The summed E-state index contributed by atoms with van der Waals surface area (Å²) in [6.45, 7) is 2.18. The third-order valence-corrected chi connectivity index (χ3v) is 3.02.